The number of carboxylic acids is 3. The standard InChI is InChI=1S/C21H33N5O6/c1-17-3-2-4-18(22-17)13-23-5-7-24(14-19(27)28)9-11-26(16-21(31)32)12-10-25(8-6-23)15-20(29)30/h2-4H,5-16H2,1H3,(H,27,28)(H,29,30)(H,31,32). The predicted molar refractivity (Wildman–Crippen MR) is 116 cm³/mol. The molecular weight excluding hydrogens is 418 g/mol. The molecular formula is C21H33N5O6. The number of aliphatic carboxylic acids is 3. The molecule has 0 bridgehead atoms. The Balaban J connectivity index is 2.16. The number of hydrogen-bond acceptors (Lipinski definition) is 8. The summed E-state index contributed by atoms with van der Waals surface area (Å²) in [7, 11) is 0. The van der Waals surface area contributed by atoms with Crippen LogP contribution in [0.15, 0.2) is 18.2 Å². The molecule has 2 heterocycles. The third-order valence-corrected chi connectivity index (χ3v) is 5.34. The average Bonchev–Trinajstić information content (AvgIpc) is 2.69. The van der Waals surface area contributed by atoms with Gasteiger partial charge in [0, 0.05) is 64.6 Å². The van der Waals surface area contributed by atoms with E-state index in [0.29, 0.717) is 58.9 Å². The summed E-state index contributed by atoms with van der Waals surface area (Å²) in [6.07, 6.45) is 0. The zero-order valence-corrected chi connectivity index (χ0v) is 18.5. The van der Waals surface area contributed by atoms with Crippen LogP contribution in [0.2, 0.25) is 0 Å². The van der Waals surface area contributed by atoms with Gasteiger partial charge in [-0.3, -0.25) is 39.0 Å². The molecule has 1 aliphatic heterocycles. The Kier molecular flexibility index (Phi) is 10.5. The summed E-state index contributed by atoms with van der Waals surface area (Å²) in [6.45, 7) is 5.85. The van der Waals surface area contributed by atoms with E-state index in [-0.39, 0.29) is 19.6 Å². The molecule has 2 rings (SSSR count). The lowest BCUT2D eigenvalue weighted by Crippen LogP contribution is -2.48. The van der Waals surface area contributed by atoms with Crippen molar-refractivity contribution in [2.24, 2.45) is 0 Å². The highest BCUT2D eigenvalue weighted by atomic mass is 16.4. The van der Waals surface area contributed by atoms with Crippen molar-refractivity contribution >= 4 is 17.9 Å². The first-order valence-corrected chi connectivity index (χ1v) is 10.7. The molecule has 0 aliphatic carbocycles. The van der Waals surface area contributed by atoms with Crippen molar-refractivity contribution in [3.63, 3.8) is 0 Å². The van der Waals surface area contributed by atoms with Crippen LogP contribution >= 0.6 is 0 Å². The van der Waals surface area contributed by atoms with E-state index < -0.39 is 17.9 Å². The Hall–Kier alpha value is -2.60. The molecule has 11 heteroatoms. The molecule has 3 N–H and O–H groups in total. The monoisotopic (exact) mass is 451 g/mol. The summed E-state index contributed by atoms with van der Waals surface area (Å²) in [5, 5.41) is 27.8. The molecule has 11 nitrogen and oxygen atoms in total. The molecule has 1 aliphatic rings. The van der Waals surface area contributed by atoms with Crippen molar-refractivity contribution in [2.75, 3.05) is 72.0 Å². The van der Waals surface area contributed by atoms with Gasteiger partial charge in [0.1, 0.15) is 0 Å². The Bertz CT molecular complexity index is 745. The summed E-state index contributed by atoms with van der Waals surface area (Å²) in [4.78, 5) is 45.9. The molecule has 1 saturated heterocycles. The van der Waals surface area contributed by atoms with E-state index >= 15 is 0 Å². The maximum atomic E-state index is 11.3. The molecule has 0 amide bonds. The first-order valence-electron chi connectivity index (χ1n) is 10.7. The molecule has 0 unspecified atom stereocenters. The number of rotatable bonds is 8. The van der Waals surface area contributed by atoms with Crippen LogP contribution in [0.1, 0.15) is 11.4 Å². The number of carbonyl (C=O) groups is 3. The fraction of sp³-hybridized carbons (Fsp3) is 0.619. The van der Waals surface area contributed by atoms with Gasteiger partial charge in [-0.1, -0.05) is 6.07 Å². The van der Waals surface area contributed by atoms with Crippen molar-refractivity contribution in [1.29, 1.82) is 0 Å². The summed E-state index contributed by atoms with van der Waals surface area (Å²) >= 11 is 0. The highest BCUT2D eigenvalue weighted by Crippen LogP contribution is 2.06. The third-order valence-electron chi connectivity index (χ3n) is 5.34. The molecule has 178 valence electrons. The minimum atomic E-state index is -0.969. The highest BCUT2D eigenvalue weighted by Gasteiger charge is 2.20. The van der Waals surface area contributed by atoms with Gasteiger partial charge < -0.3 is 15.3 Å². The topological polar surface area (TPSA) is 138 Å². The molecule has 0 radical (unpaired) electrons. The van der Waals surface area contributed by atoms with Gasteiger partial charge in [0.25, 0.3) is 0 Å². The maximum Gasteiger partial charge on any atom is 0.317 e. The second-order valence-corrected chi connectivity index (χ2v) is 8.06. The smallest absolute Gasteiger partial charge is 0.317 e. The first-order chi connectivity index (χ1) is 15.2. The van der Waals surface area contributed by atoms with Crippen molar-refractivity contribution in [1.82, 2.24) is 24.6 Å². The largest absolute Gasteiger partial charge is 0.480 e. The highest BCUT2D eigenvalue weighted by molar-refractivity contribution is 5.69. The second-order valence-electron chi connectivity index (χ2n) is 8.06. The number of pyridine rings is 1. The normalized spacial score (nSPS) is 18.5. The zero-order valence-electron chi connectivity index (χ0n) is 18.5. The molecule has 32 heavy (non-hydrogen) atoms. The van der Waals surface area contributed by atoms with Crippen LogP contribution < -0.4 is 0 Å². The van der Waals surface area contributed by atoms with E-state index in [9.17, 15) is 29.7 Å². The summed E-state index contributed by atoms with van der Waals surface area (Å²) in [6, 6.07) is 5.81. The summed E-state index contributed by atoms with van der Waals surface area (Å²) < 4.78 is 0. The maximum absolute atomic E-state index is 11.3. The van der Waals surface area contributed by atoms with Crippen LogP contribution in [-0.2, 0) is 20.9 Å². The van der Waals surface area contributed by atoms with E-state index in [2.05, 4.69) is 9.88 Å². The lowest BCUT2D eigenvalue weighted by molar-refractivity contribution is -0.140. The van der Waals surface area contributed by atoms with Crippen LogP contribution in [0, 0.1) is 6.92 Å². The number of aryl methyl sites for hydroxylation is 1. The molecule has 0 aromatic carbocycles. The van der Waals surface area contributed by atoms with Crippen molar-refractivity contribution in [2.45, 2.75) is 13.5 Å². The SMILES string of the molecule is Cc1cccc(CN2CCN(CC(=O)O)CCN(CC(=O)O)CCN(CC(=O)O)CC2)n1. The molecule has 1 fully saturated rings. The summed E-state index contributed by atoms with van der Waals surface area (Å²) in [5.74, 6) is -2.83. The van der Waals surface area contributed by atoms with Crippen LogP contribution in [0.5, 0.6) is 0 Å². The Morgan fingerprint density at radius 3 is 1.44 bits per heavy atom. The molecule has 0 saturated carbocycles. The Morgan fingerprint density at radius 1 is 0.719 bits per heavy atom. The molecule has 0 spiro atoms. The van der Waals surface area contributed by atoms with E-state index in [0.717, 1.165) is 11.4 Å². The number of aromatic nitrogens is 1. The number of carboxylic acid groups (broad SMARTS) is 3. The van der Waals surface area contributed by atoms with Gasteiger partial charge in [0.15, 0.2) is 0 Å². The van der Waals surface area contributed by atoms with E-state index in [1.54, 1.807) is 4.90 Å². The Labute approximate surface area is 187 Å². The average molecular weight is 452 g/mol. The van der Waals surface area contributed by atoms with E-state index in [1.165, 1.54) is 0 Å². The third kappa shape index (κ3) is 10.1. The minimum absolute atomic E-state index is 0.122. The fourth-order valence-electron chi connectivity index (χ4n) is 3.70. The molecule has 0 atom stereocenters. The van der Waals surface area contributed by atoms with Gasteiger partial charge in [-0.15, -0.1) is 0 Å². The number of nitrogens with zero attached hydrogens (tertiary/aromatic N) is 5. The van der Waals surface area contributed by atoms with Crippen molar-refractivity contribution in [3.8, 4) is 0 Å². The van der Waals surface area contributed by atoms with Gasteiger partial charge in [-0.25, -0.2) is 0 Å². The number of hydrogen-bond donors (Lipinski definition) is 3. The van der Waals surface area contributed by atoms with Gasteiger partial charge in [0.05, 0.1) is 25.3 Å². The van der Waals surface area contributed by atoms with E-state index in [4.69, 9.17) is 0 Å². The second kappa shape index (κ2) is 13.1. The molecule has 1 aromatic heterocycles. The van der Waals surface area contributed by atoms with Gasteiger partial charge >= 0.3 is 17.9 Å². The van der Waals surface area contributed by atoms with E-state index in [1.807, 2.05) is 34.9 Å². The zero-order chi connectivity index (χ0) is 23.5. The first kappa shape index (κ1) is 25.7. The van der Waals surface area contributed by atoms with Crippen molar-refractivity contribution < 1.29 is 29.7 Å². The van der Waals surface area contributed by atoms with Crippen LogP contribution in [-0.4, -0.2) is 130 Å². The lowest BCUT2D eigenvalue weighted by Gasteiger charge is -2.33. The van der Waals surface area contributed by atoms with Gasteiger partial charge in [-0.2, -0.15) is 0 Å². The van der Waals surface area contributed by atoms with Crippen LogP contribution in [0.4, 0.5) is 0 Å². The Morgan fingerprint density at radius 2 is 1.09 bits per heavy atom. The molecule has 1 aromatic rings. The van der Waals surface area contributed by atoms with Gasteiger partial charge in [0.2, 0.25) is 0 Å². The lowest BCUT2D eigenvalue weighted by atomic mass is 10.2. The van der Waals surface area contributed by atoms with Crippen LogP contribution in [0.3, 0.4) is 0 Å². The predicted octanol–water partition coefficient (Wildman–Crippen LogP) is -0.635. The fourth-order valence-corrected chi connectivity index (χ4v) is 3.70. The van der Waals surface area contributed by atoms with Crippen molar-refractivity contribution in [3.05, 3.63) is 29.6 Å². The van der Waals surface area contributed by atoms with Crippen LogP contribution in [0.25, 0.3) is 0 Å². The summed E-state index contributed by atoms with van der Waals surface area (Å²) in [5.41, 5.74) is 1.81. The van der Waals surface area contributed by atoms with Gasteiger partial charge in [-0.05, 0) is 19.1 Å². The minimum Gasteiger partial charge on any atom is -0.480 e. The quantitative estimate of drug-likeness (QED) is 0.465.